The van der Waals surface area contributed by atoms with Crippen molar-refractivity contribution in [2.75, 3.05) is 10.0 Å². The van der Waals surface area contributed by atoms with Crippen LogP contribution in [-0.4, -0.2) is 8.42 Å². The Hall–Kier alpha value is -3.05. The quantitative estimate of drug-likeness (QED) is 0.416. The van der Waals surface area contributed by atoms with Crippen LogP contribution in [0.1, 0.15) is 60.4 Å². The van der Waals surface area contributed by atoms with E-state index >= 15 is 0 Å². The second-order valence-corrected chi connectivity index (χ2v) is 11.2. The van der Waals surface area contributed by atoms with Crippen LogP contribution in [0.25, 0.3) is 0 Å². The molecule has 3 atom stereocenters. The number of hydrogen-bond acceptors (Lipinski definition) is 3. The molecule has 0 fully saturated rings. The summed E-state index contributed by atoms with van der Waals surface area (Å²) in [4.78, 5) is 0.295. The van der Waals surface area contributed by atoms with Gasteiger partial charge in [0.1, 0.15) is 0 Å². The van der Waals surface area contributed by atoms with E-state index in [0.29, 0.717) is 22.4 Å². The highest BCUT2D eigenvalue weighted by atomic mass is 32.2. The number of anilines is 2. The second-order valence-electron chi connectivity index (χ2n) is 9.52. The lowest BCUT2D eigenvalue weighted by Gasteiger charge is -2.37. The SMILES string of the molecule is Cc1cccc([C@H]2Nc3ccc(S(=O)(=O)Nc4ccc(C(C)C)cc4)cc3[C@H]3C=CC[C@H]32)c1. The Morgan fingerprint density at radius 2 is 1.79 bits per heavy atom. The molecule has 0 spiro atoms. The van der Waals surface area contributed by atoms with Crippen molar-refractivity contribution in [3.05, 3.63) is 101 Å². The number of aryl methyl sites for hydroxylation is 1. The Morgan fingerprint density at radius 1 is 1.00 bits per heavy atom. The van der Waals surface area contributed by atoms with Crippen LogP contribution in [0.4, 0.5) is 11.4 Å². The van der Waals surface area contributed by atoms with Crippen LogP contribution in [-0.2, 0) is 10.0 Å². The molecule has 0 saturated carbocycles. The van der Waals surface area contributed by atoms with Crippen molar-refractivity contribution in [1.82, 2.24) is 0 Å². The highest BCUT2D eigenvalue weighted by Gasteiger charge is 2.38. The van der Waals surface area contributed by atoms with Crippen molar-refractivity contribution in [2.45, 2.75) is 50.0 Å². The second kappa shape index (κ2) is 8.38. The fourth-order valence-corrected chi connectivity index (χ4v) is 6.18. The molecule has 0 saturated heterocycles. The summed E-state index contributed by atoms with van der Waals surface area (Å²) in [5.41, 5.74) is 6.35. The van der Waals surface area contributed by atoms with Crippen molar-refractivity contribution in [2.24, 2.45) is 5.92 Å². The Kier molecular flexibility index (Phi) is 5.53. The van der Waals surface area contributed by atoms with Gasteiger partial charge < -0.3 is 5.32 Å². The lowest BCUT2D eigenvalue weighted by atomic mass is 9.77. The molecule has 0 bridgehead atoms. The minimum Gasteiger partial charge on any atom is -0.378 e. The van der Waals surface area contributed by atoms with Gasteiger partial charge in [0.25, 0.3) is 10.0 Å². The normalized spacial score (nSPS) is 21.4. The summed E-state index contributed by atoms with van der Waals surface area (Å²) in [6.07, 6.45) is 5.44. The molecular weight excluding hydrogens is 428 g/mol. The fourth-order valence-electron chi connectivity index (χ4n) is 5.08. The molecule has 1 aliphatic carbocycles. The maximum absolute atomic E-state index is 13.2. The summed E-state index contributed by atoms with van der Waals surface area (Å²) < 4.78 is 29.1. The van der Waals surface area contributed by atoms with E-state index in [9.17, 15) is 8.42 Å². The predicted octanol–water partition coefficient (Wildman–Crippen LogP) is 6.75. The zero-order valence-corrected chi connectivity index (χ0v) is 20.1. The van der Waals surface area contributed by atoms with Crippen LogP contribution in [0, 0.1) is 12.8 Å². The molecule has 0 amide bonds. The number of sulfonamides is 1. The van der Waals surface area contributed by atoms with E-state index in [0.717, 1.165) is 17.7 Å². The number of rotatable bonds is 5. The Bertz CT molecular complexity index is 1310. The molecule has 3 aromatic carbocycles. The first-order valence-corrected chi connectivity index (χ1v) is 13.1. The van der Waals surface area contributed by atoms with Gasteiger partial charge in [-0.3, -0.25) is 4.72 Å². The van der Waals surface area contributed by atoms with Crippen molar-refractivity contribution in [3.8, 4) is 0 Å². The number of hydrogen-bond donors (Lipinski definition) is 2. The van der Waals surface area contributed by atoms with Gasteiger partial charge in [0.05, 0.1) is 10.9 Å². The smallest absolute Gasteiger partial charge is 0.261 e. The molecule has 1 heterocycles. The van der Waals surface area contributed by atoms with Gasteiger partial charge in [-0.25, -0.2) is 8.42 Å². The van der Waals surface area contributed by atoms with Crippen LogP contribution in [0.3, 0.4) is 0 Å². The van der Waals surface area contributed by atoms with Gasteiger partial charge in [-0.1, -0.05) is 68.0 Å². The maximum atomic E-state index is 13.2. The first-order valence-electron chi connectivity index (χ1n) is 11.6. The topological polar surface area (TPSA) is 58.2 Å². The molecule has 0 aromatic heterocycles. The van der Waals surface area contributed by atoms with Crippen molar-refractivity contribution in [3.63, 3.8) is 0 Å². The van der Waals surface area contributed by atoms with E-state index < -0.39 is 10.0 Å². The van der Waals surface area contributed by atoms with E-state index in [1.165, 1.54) is 16.7 Å². The minimum atomic E-state index is -3.68. The van der Waals surface area contributed by atoms with E-state index in [1.54, 1.807) is 6.07 Å². The largest absolute Gasteiger partial charge is 0.378 e. The molecule has 170 valence electrons. The van der Waals surface area contributed by atoms with Crippen LogP contribution < -0.4 is 10.0 Å². The third kappa shape index (κ3) is 4.18. The molecule has 0 unspecified atom stereocenters. The van der Waals surface area contributed by atoms with Gasteiger partial charge in [-0.15, -0.1) is 0 Å². The summed E-state index contributed by atoms with van der Waals surface area (Å²) in [5, 5.41) is 3.70. The Balaban J connectivity index is 1.45. The lowest BCUT2D eigenvalue weighted by molar-refractivity contribution is 0.425. The van der Waals surface area contributed by atoms with Crippen LogP contribution in [0.15, 0.2) is 83.8 Å². The first-order chi connectivity index (χ1) is 15.8. The number of allylic oxidation sites excluding steroid dienone is 2. The molecule has 2 N–H and O–H groups in total. The van der Waals surface area contributed by atoms with Gasteiger partial charge >= 0.3 is 0 Å². The molecule has 1 aliphatic heterocycles. The molecule has 4 nitrogen and oxygen atoms in total. The van der Waals surface area contributed by atoms with Gasteiger partial charge in [0.15, 0.2) is 0 Å². The standard InChI is InChI=1S/C28H30N2O2S/c1-18(2)20-10-12-22(13-11-20)30-33(31,32)23-14-15-27-26(17-23)24-8-5-9-25(24)28(29-27)21-7-4-6-19(3)16-21/h4-8,10-18,24-25,28-30H,9H2,1-3H3/t24-,25+,28+/m0/s1. The molecule has 33 heavy (non-hydrogen) atoms. The first kappa shape index (κ1) is 21.8. The Labute approximate surface area is 196 Å². The van der Waals surface area contributed by atoms with E-state index in [-0.39, 0.29) is 12.0 Å². The third-order valence-corrected chi connectivity index (χ3v) is 8.25. The van der Waals surface area contributed by atoms with Gasteiger partial charge in [-0.05, 0) is 72.2 Å². The maximum Gasteiger partial charge on any atom is 0.261 e. The van der Waals surface area contributed by atoms with E-state index in [2.05, 4.69) is 67.2 Å². The van der Waals surface area contributed by atoms with Gasteiger partial charge in [0, 0.05) is 17.3 Å². The van der Waals surface area contributed by atoms with Crippen LogP contribution in [0.5, 0.6) is 0 Å². The zero-order chi connectivity index (χ0) is 23.2. The van der Waals surface area contributed by atoms with Crippen LogP contribution in [0.2, 0.25) is 0 Å². The molecule has 2 aliphatic rings. The third-order valence-electron chi connectivity index (χ3n) is 6.88. The predicted molar refractivity (Wildman–Crippen MR) is 135 cm³/mol. The monoisotopic (exact) mass is 458 g/mol. The number of nitrogens with one attached hydrogen (secondary N) is 2. The molecular formula is C28H30N2O2S. The summed E-state index contributed by atoms with van der Waals surface area (Å²) in [5.74, 6) is 0.973. The zero-order valence-electron chi connectivity index (χ0n) is 19.2. The van der Waals surface area contributed by atoms with Crippen molar-refractivity contribution >= 4 is 21.4 Å². The summed E-state index contributed by atoms with van der Waals surface area (Å²) in [6, 6.07) is 21.9. The summed E-state index contributed by atoms with van der Waals surface area (Å²) >= 11 is 0. The average molecular weight is 459 g/mol. The lowest BCUT2D eigenvalue weighted by Crippen LogP contribution is -2.29. The summed E-state index contributed by atoms with van der Waals surface area (Å²) in [6.45, 7) is 6.36. The fraction of sp³-hybridized carbons (Fsp3) is 0.286. The number of fused-ring (bicyclic) bond motifs is 3. The molecule has 3 aromatic rings. The van der Waals surface area contributed by atoms with Crippen LogP contribution >= 0.6 is 0 Å². The van der Waals surface area contributed by atoms with Gasteiger partial charge in [0.2, 0.25) is 0 Å². The molecule has 5 rings (SSSR count). The minimum absolute atomic E-state index is 0.201. The highest BCUT2D eigenvalue weighted by Crippen LogP contribution is 2.50. The van der Waals surface area contributed by atoms with E-state index in [1.807, 2.05) is 36.4 Å². The highest BCUT2D eigenvalue weighted by molar-refractivity contribution is 7.92. The molecule has 0 radical (unpaired) electrons. The van der Waals surface area contributed by atoms with Gasteiger partial charge in [-0.2, -0.15) is 0 Å². The Morgan fingerprint density at radius 3 is 2.52 bits per heavy atom. The van der Waals surface area contributed by atoms with E-state index in [4.69, 9.17) is 0 Å². The molecule has 5 heteroatoms. The van der Waals surface area contributed by atoms with Crippen molar-refractivity contribution < 1.29 is 8.42 Å². The van der Waals surface area contributed by atoms with Crippen molar-refractivity contribution in [1.29, 1.82) is 0 Å². The number of benzene rings is 3. The average Bonchev–Trinajstić information content (AvgIpc) is 3.28. The summed E-state index contributed by atoms with van der Waals surface area (Å²) in [7, 11) is -3.68.